The van der Waals surface area contributed by atoms with E-state index in [1.165, 1.54) is 6.07 Å². The van der Waals surface area contributed by atoms with Crippen molar-refractivity contribution in [1.29, 1.82) is 0 Å². The van der Waals surface area contributed by atoms with Gasteiger partial charge in [-0.2, -0.15) is 0 Å². The fraction of sp³-hybridized carbons (Fsp3) is 0.208. The molecule has 2 aromatic heterocycles. The Morgan fingerprint density at radius 1 is 0.939 bits per heavy atom. The van der Waals surface area contributed by atoms with Crippen LogP contribution in [0.2, 0.25) is 0 Å². The molecule has 0 spiro atoms. The average Bonchev–Trinajstić information content (AvgIpc) is 2.76. The summed E-state index contributed by atoms with van der Waals surface area (Å²) in [5.74, 6) is 0.891. The molecule has 0 amide bonds. The molecule has 2 aromatic carbocycles. The topological polar surface area (TPSA) is 125 Å². The summed E-state index contributed by atoms with van der Waals surface area (Å²) in [6.07, 6.45) is -1.03. The van der Waals surface area contributed by atoms with E-state index in [0.29, 0.717) is 22.5 Å². The number of aliphatic hydroxyl groups is 1. The number of ether oxygens (including phenoxy) is 3. The average molecular weight is 452 g/mol. The number of rotatable bonds is 8. The van der Waals surface area contributed by atoms with Crippen LogP contribution in [0.5, 0.6) is 17.4 Å². The molecule has 0 saturated heterocycles. The number of aryl methyl sites for hydroxylation is 2. The zero-order valence-corrected chi connectivity index (χ0v) is 17.8. The molecule has 0 radical (unpaired) electrons. The molecule has 170 valence electrons. The van der Waals surface area contributed by atoms with E-state index in [-0.39, 0.29) is 47.8 Å². The van der Waals surface area contributed by atoms with E-state index in [9.17, 15) is 19.5 Å². The van der Waals surface area contributed by atoms with Crippen LogP contribution in [-0.4, -0.2) is 30.9 Å². The van der Waals surface area contributed by atoms with E-state index in [4.69, 9.17) is 18.3 Å². The predicted octanol–water partition coefficient (Wildman–Crippen LogP) is 2.87. The van der Waals surface area contributed by atoms with Gasteiger partial charge in [0.15, 0.2) is 10.9 Å². The highest BCUT2D eigenvalue weighted by molar-refractivity contribution is 5.84. The Morgan fingerprint density at radius 3 is 2.52 bits per heavy atom. The molecule has 1 atom stereocenters. The Balaban J connectivity index is 1.46. The molecule has 0 saturated carbocycles. The first-order valence-electron chi connectivity index (χ1n) is 10.0. The molecule has 4 rings (SSSR count). The van der Waals surface area contributed by atoms with Crippen LogP contribution >= 0.6 is 0 Å². The summed E-state index contributed by atoms with van der Waals surface area (Å²) < 4.78 is 26.8. The molecule has 0 bridgehead atoms. The maximum atomic E-state index is 12.5. The van der Waals surface area contributed by atoms with E-state index in [2.05, 4.69) is 4.74 Å². The lowest BCUT2D eigenvalue weighted by Crippen LogP contribution is -2.25. The number of fused-ring (bicyclic) bond motifs is 2. The smallest absolute Gasteiger partial charge is 0.300 e. The van der Waals surface area contributed by atoms with Crippen molar-refractivity contribution < 1.29 is 32.9 Å². The van der Waals surface area contributed by atoms with Crippen LogP contribution in [-0.2, 0) is 4.79 Å². The summed E-state index contributed by atoms with van der Waals surface area (Å²) >= 11 is 0. The highest BCUT2D eigenvalue weighted by atomic mass is 16.6. The first-order valence-corrected chi connectivity index (χ1v) is 10.0. The number of carbonyl (C=O) groups is 1. The lowest BCUT2D eigenvalue weighted by atomic mass is 10.1. The van der Waals surface area contributed by atoms with Crippen molar-refractivity contribution in [3.63, 3.8) is 0 Å². The highest BCUT2D eigenvalue weighted by Crippen LogP contribution is 2.28. The number of hydrogen-bond donors (Lipinski definition) is 1. The molecular formula is C24H20O9. The second-order valence-electron chi connectivity index (χ2n) is 7.44. The van der Waals surface area contributed by atoms with Crippen molar-refractivity contribution >= 4 is 28.4 Å². The molecule has 0 fully saturated rings. The maximum absolute atomic E-state index is 12.5. The summed E-state index contributed by atoms with van der Waals surface area (Å²) in [7, 11) is 0. The lowest BCUT2D eigenvalue weighted by molar-refractivity contribution is -0.121. The monoisotopic (exact) mass is 452 g/mol. The molecular weight excluding hydrogens is 432 g/mol. The van der Waals surface area contributed by atoms with Crippen LogP contribution in [0.3, 0.4) is 0 Å². The molecule has 9 nitrogen and oxygen atoms in total. The Labute approximate surface area is 186 Å². The van der Waals surface area contributed by atoms with E-state index >= 15 is 0 Å². The van der Waals surface area contributed by atoms with Crippen molar-refractivity contribution in [2.75, 3.05) is 13.2 Å². The van der Waals surface area contributed by atoms with E-state index in [1.54, 1.807) is 44.2 Å². The molecule has 2 heterocycles. The van der Waals surface area contributed by atoms with Gasteiger partial charge in [0.25, 0.3) is 5.95 Å². The first kappa shape index (κ1) is 22.1. The second-order valence-corrected chi connectivity index (χ2v) is 7.44. The van der Waals surface area contributed by atoms with E-state index in [1.807, 2.05) is 0 Å². The van der Waals surface area contributed by atoms with Gasteiger partial charge in [0, 0.05) is 6.07 Å². The SMILES string of the molecule is Cc1cc(OCC(O)COc2ccc3oc(C)cc(=O)c3c2)c2c(=O)cc(OC=O)oc2c1. The quantitative estimate of drug-likeness (QED) is 0.402. The van der Waals surface area contributed by atoms with Crippen molar-refractivity contribution in [2.24, 2.45) is 0 Å². The van der Waals surface area contributed by atoms with Crippen molar-refractivity contribution in [1.82, 2.24) is 0 Å². The summed E-state index contributed by atoms with van der Waals surface area (Å²) in [6.45, 7) is 3.35. The van der Waals surface area contributed by atoms with Crippen molar-refractivity contribution in [2.45, 2.75) is 20.0 Å². The normalized spacial score (nSPS) is 12.0. The van der Waals surface area contributed by atoms with Gasteiger partial charge in [-0.05, 0) is 49.7 Å². The fourth-order valence-electron chi connectivity index (χ4n) is 3.35. The lowest BCUT2D eigenvalue weighted by Gasteiger charge is -2.15. The largest absolute Gasteiger partial charge is 0.491 e. The molecule has 9 heteroatoms. The van der Waals surface area contributed by atoms with Crippen LogP contribution in [0.1, 0.15) is 11.3 Å². The minimum atomic E-state index is -1.03. The van der Waals surface area contributed by atoms with Gasteiger partial charge in [0.1, 0.15) is 53.1 Å². The Kier molecular flexibility index (Phi) is 6.14. The highest BCUT2D eigenvalue weighted by Gasteiger charge is 2.15. The van der Waals surface area contributed by atoms with E-state index < -0.39 is 11.5 Å². The van der Waals surface area contributed by atoms with Crippen LogP contribution in [0.25, 0.3) is 21.9 Å². The third-order valence-corrected chi connectivity index (χ3v) is 4.78. The number of carbonyl (C=O) groups excluding carboxylic acids is 1. The predicted molar refractivity (Wildman–Crippen MR) is 118 cm³/mol. The van der Waals surface area contributed by atoms with Gasteiger partial charge < -0.3 is 28.2 Å². The molecule has 0 aliphatic rings. The number of aliphatic hydroxyl groups excluding tert-OH is 1. The maximum Gasteiger partial charge on any atom is 0.300 e. The molecule has 1 N–H and O–H groups in total. The molecule has 1 unspecified atom stereocenters. The van der Waals surface area contributed by atoms with Gasteiger partial charge >= 0.3 is 6.47 Å². The molecule has 0 aliphatic carbocycles. The molecule has 4 aromatic rings. The minimum Gasteiger partial charge on any atom is -0.491 e. The standard InChI is InChI=1S/C24H20O9/c1-13-5-21(24-19(28)9-23(31-12-25)33-22(24)6-13)30-11-15(26)10-29-16-3-4-20-17(8-16)18(27)7-14(2)32-20/h3-9,12,15,26H,10-11H2,1-2H3. The van der Waals surface area contributed by atoms with Gasteiger partial charge in [-0.15, -0.1) is 0 Å². The Bertz CT molecular complexity index is 1450. The van der Waals surface area contributed by atoms with Gasteiger partial charge in [0.2, 0.25) is 0 Å². The van der Waals surface area contributed by atoms with Crippen molar-refractivity contribution in [3.05, 3.63) is 74.2 Å². The van der Waals surface area contributed by atoms with Gasteiger partial charge in [-0.1, -0.05) is 0 Å². The number of hydrogen-bond acceptors (Lipinski definition) is 9. The van der Waals surface area contributed by atoms with Crippen LogP contribution in [0, 0.1) is 13.8 Å². The summed E-state index contributed by atoms with van der Waals surface area (Å²) in [5.41, 5.74) is 0.724. The van der Waals surface area contributed by atoms with Gasteiger partial charge in [-0.3, -0.25) is 14.4 Å². The van der Waals surface area contributed by atoms with E-state index in [0.717, 1.165) is 11.6 Å². The van der Waals surface area contributed by atoms with Crippen LogP contribution < -0.4 is 25.1 Å². The van der Waals surface area contributed by atoms with Gasteiger partial charge in [-0.25, -0.2) is 0 Å². The third-order valence-electron chi connectivity index (χ3n) is 4.78. The fourth-order valence-corrected chi connectivity index (χ4v) is 3.35. The second kappa shape index (κ2) is 9.17. The Morgan fingerprint density at radius 2 is 1.73 bits per heavy atom. The third kappa shape index (κ3) is 4.88. The summed E-state index contributed by atoms with van der Waals surface area (Å²) in [5, 5.41) is 10.8. The first-order chi connectivity index (χ1) is 15.8. The summed E-state index contributed by atoms with van der Waals surface area (Å²) in [6, 6.07) is 10.5. The van der Waals surface area contributed by atoms with Crippen molar-refractivity contribution in [3.8, 4) is 17.4 Å². The number of benzene rings is 2. The molecule has 33 heavy (non-hydrogen) atoms. The Hall–Kier alpha value is -4.11. The van der Waals surface area contributed by atoms with Gasteiger partial charge in [0.05, 0.1) is 11.5 Å². The minimum absolute atomic E-state index is 0.113. The van der Waals surface area contributed by atoms with Crippen LogP contribution in [0.4, 0.5) is 0 Å². The van der Waals surface area contributed by atoms with Crippen LogP contribution in [0.15, 0.2) is 60.9 Å². The zero-order chi connectivity index (χ0) is 23.5. The zero-order valence-electron chi connectivity index (χ0n) is 17.8. The molecule has 0 aliphatic heterocycles. The summed E-state index contributed by atoms with van der Waals surface area (Å²) in [4.78, 5) is 35.1.